The van der Waals surface area contributed by atoms with E-state index in [0.717, 1.165) is 23.1 Å². The van der Waals surface area contributed by atoms with E-state index in [4.69, 9.17) is 17.3 Å². The van der Waals surface area contributed by atoms with Crippen molar-refractivity contribution in [2.45, 2.75) is 6.42 Å². The van der Waals surface area contributed by atoms with Gasteiger partial charge in [-0.3, -0.25) is 0 Å². The van der Waals surface area contributed by atoms with Crippen molar-refractivity contribution in [3.8, 4) is 16.9 Å². The summed E-state index contributed by atoms with van der Waals surface area (Å²) in [7, 11) is 0. The van der Waals surface area contributed by atoms with E-state index < -0.39 is 0 Å². The summed E-state index contributed by atoms with van der Waals surface area (Å²) >= 11 is 6.17. The zero-order valence-electron chi connectivity index (χ0n) is 9.36. The van der Waals surface area contributed by atoms with Crippen molar-refractivity contribution in [3.05, 3.63) is 53.1 Å². The van der Waals surface area contributed by atoms with Crippen LogP contribution < -0.4 is 5.73 Å². The van der Waals surface area contributed by atoms with Gasteiger partial charge in [0.25, 0.3) is 0 Å². The first-order valence-electron chi connectivity index (χ1n) is 5.48. The lowest BCUT2D eigenvalue weighted by Crippen LogP contribution is -2.02. The number of hydrogen-bond acceptors (Lipinski definition) is 2. The third kappa shape index (κ3) is 2.78. The summed E-state index contributed by atoms with van der Waals surface area (Å²) in [6, 6.07) is 12.9. The van der Waals surface area contributed by atoms with Crippen molar-refractivity contribution >= 4 is 11.6 Å². The number of benzene rings is 2. The Bertz CT molecular complexity index is 525. The molecule has 0 saturated heterocycles. The Balaban J connectivity index is 2.46. The highest BCUT2D eigenvalue weighted by Crippen LogP contribution is 2.30. The van der Waals surface area contributed by atoms with Gasteiger partial charge in [0.05, 0.1) is 0 Å². The van der Waals surface area contributed by atoms with Crippen molar-refractivity contribution in [3.63, 3.8) is 0 Å². The molecular weight excluding hydrogens is 234 g/mol. The summed E-state index contributed by atoms with van der Waals surface area (Å²) in [4.78, 5) is 0. The lowest BCUT2D eigenvalue weighted by Gasteiger charge is -2.08. The zero-order chi connectivity index (χ0) is 12.3. The van der Waals surface area contributed by atoms with Gasteiger partial charge in [-0.05, 0) is 48.4 Å². The Morgan fingerprint density at radius 1 is 1.12 bits per heavy atom. The molecule has 3 heteroatoms. The molecule has 0 radical (unpaired) electrons. The van der Waals surface area contributed by atoms with Crippen LogP contribution >= 0.6 is 11.6 Å². The predicted octanol–water partition coefficient (Wildman–Crippen LogP) is 3.21. The fourth-order valence-corrected chi connectivity index (χ4v) is 2.02. The number of hydrogen-bond donors (Lipinski definition) is 2. The van der Waals surface area contributed by atoms with Crippen LogP contribution in [0.5, 0.6) is 5.75 Å². The van der Waals surface area contributed by atoms with Crippen LogP contribution in [0.2, 0.25) is 5.02 Å². The average Bonchev–Trinajstić information content (AvgIpc) is 2.32. The molecule has 2 rings (SSSR count). The van der Waals surface area contributed by atoms with Crippen LogP contribution in [-0.4, -0.2) is 11.7 Å². The lowest BCUT2D eigenvalue weighted by molar-refractivity contribution is 0.475. The van der Waals surface area contributed by atoms with Crippen LogP contribution in [-0.2, 0) is 6.42 Å². The van der Waals surface area contributed by atoms with E-state index in [-0.39, 0.29) is 5.75 Å². The monoisotopic (exact) mass is 247 g/mol. The number of halogens is 1. The molecule has 0 aliphatic carbocycles. The number of aromatic hydroxyl groups is 1. The van der Waals surface area contributed by atoms with E-state index in [1.807, 2.05) is 24.3 Å². The molecule has 0 spiro atoms. The minimum Gasteiger partial charge on any atom is -0.508 e. The number of phenolic OH excluding ortho intramolecular Hbond substituents is 1. The number of rotatable bonds is 3. The SMILES string of the molecule is NCCc1ccc(Cl)c(-c2cccc(O)c2)c1. The highest BCUT2D eigenvalue weighted by Gasteiger charge is 2.05. The van der Waals surface area contributed by atoms with Crippen molar-refractivity contribution in [2.24, 2.45) is 5.73 Å². The quantitative estimate of drug-likeness (QED) is 0.875. The van der Waals surface area contributed by atoms with E-state index in [1.54, 1.807) is 18.2 Å². The molecule has 0 aliphatic heterocycles. The maximum atomic E-state index is 9.47. The number of phenols is 1. The molecule has 88 valence electrons. The zero-order valence-corrected chi connectivity index (χ0v) is 10.1. The molecule has 0 aliphatic rings. The van der Waals surface area contributed by atoms with Crippen LogP contribution in [0.25, 0.3) is 11.1 Å². The molecule has 2 nitrogen and oxygen atoms in total. The largest absolute Gasteiger partial charge is 0.508 e. The van der Waals surface area contributed by atoms with E-state index in [0.29, 0.717) is 11.6 Å². The molecule has 17 heavy (non-hydrogen) atoms. The van der Waals surface area contributed by atoms with Crippen LogP contribution in [0.1, 0.15) is 5.56 Å². The average molecular weight is 248 g/mol. The van der Waals surface area contributed by atoms with Gasteiger partial charge in [-0.25, -0.2) is 0 Å². The molecule has 0 heterocycles. The molecule has 0 atom stereocenters. The van der Waals surface area contributed by atoms with Gasteiger partial charge in [-0.2, -0.15) is 0 Å². The first-order valence-corrected chi connectivity index (χ1v) is 5.86. The minimum absolute atomic E-state index is 0.239. The fraction of sp³-hybridized carbons (Fsp3) is 0.143. The maximum absolute atomic E-state index is 9.47. The first-order chi connectivity index (χ1) is 8.20. The summed E-state index contributed by atoms with van der Waals surface area (Å²) in [5, 5.41) is 10.2. The summed E-state index contributed by atoms with van der Waals surface area (Å²) in [6.07, 6.45) is 0.822. The predicted molar refractivity (Wildman–Crippen MR) is 71.3 cm³/mol. The molecule has 0 fully saturated rings. The van der Waals surface area contributed by atoms with Gasteiger partial charge in [0, 0.05) is 10.6 Å². The lowest BCUT2D eigenvalue weighted by atomic mass is 10.0. The van der Waals surface area contributed by atoms with E-state index >= 15 is 0 Å². The molecule has 0 saturated carbocycles. The van der Waals surface area contributed by atoms with Gasteiger partial charge in [0.2, 0.25) is 0 Å². The van der Waals surface area contributed by atoms with Gasteiger partial charge in [0.15, 0.2) is 0 Å². The van der Waals surface area contributed by atoms with Crippen LogP contribution in [0, 0.1) is 0 Å². The van der Waals surface area contributed by atoms with Crippen molar-refractivity contribution in [1.82, 2.24) is 0 Å². The Morgan fingerprint density at radius 2 is 1.94 bits per heavy atom. The van der Waals surface area contributed by atoms with E-state index in [9.17, 15) is 5.11 Å². The molecule has 2 aromatic rings. The summed E-state index contributed by atoms with van der Waals surface area (Å²) < 4.78 is 0. The fourth-order valence-electron chi connectivity index (χ4n) is 1.79. The third-order valence-electron chi connectivity index (χ3n) is 2.62. The smallest absolute Gasteiger partial charge is 0.116 e. The van der Waals surface area contributed by atoms with Gasteiger partial charge in [0.1, 0.15) is 5.75 Å². The normalized spacial score (nSPS) is 10.5. The molecule has 0 aromatic heterocycles. The Hall–Kier alpha value is -1.51. The summed E-state index contributed by atoms with van der Waals surface area (Å²) in [6.45, 7) is 0.612. The topological polar surface area (TPSA) is 46.2 Å². The Morgan fingerprint density at radius 3 is 2.65 bits per heavy atom. The highest BCUT2D eigenvalue weighted by molar-refractivity contribution is 6.33. The minimum atomic E-state index is 0.239. The summed E-state index contributed by atoms with van der Waals surface area (Å²) in [5.74, 6) is 0.239. The molecule has 0 amide bonds. The molecule has 3 N–H and O–H groups in total. The van der Waals surface area contributed by atoms with Gasteiger partial charge in [-0.1, -0.05) is 29.8 Å². The van der Waals surface area contributed by atoms with Gasteiger partial charge < -0.3 is 10.8 Å². The van der Waals surface area contributed by atoms with Crippen molar-refractivity contribution < 1.29 is 5.11 Å². The summed E-state index contributed by atoms with van der Waals surface area (Å²) in [5.41, 5.74) is 8.52. The van der Waals surface area contributed by atoms with E-state index in [1.165, 1.54) is 0 Å². The molecule has 0 unspecified atom stereocenters. The van der Waals surface area contributed by atoms with Crippen LogP contribution in [0.15, 0.2) is 42.5 Å². The Kier molecular flexibility index (Phi) is 3.67. The molecular formula is C14H14ClNO. The highest BCUT2D eigenvalue weighted by atomic mass is 35.5. The first kappa shape index (κ1) is 12.0. The maximum Gasteiger partial charge on any atom is 0.116 e. The third-order valence-corrected chi connectivity index (χ3v) is 2.95. The molecule has 0 bridgehead atoms. The van der Waals surface area contributed by atoms with Crippen LogP contribution in [0.4, 0.5) is 0 Å². The van der Waals surface area contributed by atoms with E-state index in [2.05, 4.69) is 0 Å². The van der Waals surface area contributed by atoms with Crippen molar-refractivity contribution in [1.29, 1.82) is 0 Å². The second-order valence-corrected chi connectivity index (χ2v) is 4.31. The number of nitrogens with two attached hydrogens (primary N) is 1. The second-order valence-electron chi connectivity index (χ2n) is 3.90. The molecule has 2 aromatic carbocycles. The second kappa shape index (κ2) is 5.21. The Labute approximate surface area is 106 Å². The standard InChI is InChI=1S/C14H14ClNO/c15-14-5-4-10(6-7-16)8-13(14)11-2-1-3-12(17)9-11/h1-5,8-9,17H,6-7,16H2. The van der Waals surface area contributed by atoms with Gasteiger partial charge >= 0.3 is 0 Å². The van der Waals surface area contributed by atoms with Gasteiger partial charge in [-0.15, -0.1) is 0 Å². The van der Waals surface area contributed by atoms with Crippen molar-refractivity contribution in [2.75, 3.05) is 6.54 Å². The van der Waals surface area contributed by atoms with Crippen LogP contribution in [0.3, 0.4) is 0 Å².